The first kappa shape index (κ1) is 19.5. The fourth-order valence-corrected chi connectivity index (χ4v) is 5.52. The molecule has 1 aliphatic heterocycles. The molecule has 3 rings (SSSR count). The van der Waals surface area contributed by atoms with Gasteiger partial charge < -0.3 is 10.1 Å². The molecule has 1 aromatic carbocycles. The normalized spacial score (nSPS) is 16.0. The second kappa shape index (κ2) is 8.20. The number of carbonyl (C=O) groups is 2. The van der Waals surface area contributed by atoms with Crippen molar-refractivity contribution in [3.05, 3.63) is 41.8 Å². The van der Waals surface area contributed by atoms with E-state index in [1.54, 1.807) is 41.8 Å². The molecular formula is C18H20N2O5S2. The second-order valence-corrected chi connectivity index (χ2v) is 9.35. The number of benzene rings is 1. The summed E-state index contributed by atoms with van der Waals surface area (Å²) in [6, 6.07) is 9.89. The molecule has 1 aliphatic rings. The van der Waals surface area contributed by atoms with E-state index in [0.29, 0.717) is 28.5 Å². The SMILES string of the molecule is CC(=O)Nc1cccc(OC(=O)C2CCN(S(=O)(=O)c3cccs3)CC2)c1. The summed E-state index contributed by atoms with van der Waals surface area (Å²) in [7, 11) is -3.48. The monoisotopic (exact) mass is 408 g/mol. The van der Waals surface area contributed by atoms with E-state index < -0.39 is 10.0 Å². The summed E-state index contributed by atoms with van der Waals surface area (Å²) in [5, 5.41) is 4.36. The summed E-state index contributed by atoms with van der Waals surface area (Å²) < 4.78 is 32.2. The quantitative estimate of drug-likeness (QED) is 0.607. The number of amides is 1. The molecular weight excluding hydrogens is 388 g/mol. The molecule has 9 heteroatoms. The Bertz CT molecular complexity index is 917. The Kier molecular flexibility index (Phi) is 5.93. The fraction of sp³-hybridized carbons (Fsp3) is 0.333. The third-order valence-electron chi connectivity index (χ3n) is 4.25. The van der Waals surface area contributed by atoms with Crippen LogP contribution < -0.4 is 10.1 Å². The minimum atomic E-state index is -3.48. The van der Waals surface area contributed by atoms with Crippen LogP contribution in [0.25, 0.3) is 0 Å². The lowest BCUT2D eigenvalue weighted by molar-refractivity contribution is -0.140. The highest BCUT2D eigenvalue weighted by molar-refractivity contribution is 7.91. The first-order chi connectivity index (χ1) is 12.9. The number of thiophene rings is 1. The van der Waals surface area contributed by atoms with Crippen LogP contribution in [0, 0.1) is 5.92 Å². The van der Waals surface area contributed by atoms with Crippen molar-refractivity contribution in [2.75, 3.05) is 18.4 Å². The lowest BCUT2D eigenvalue weighted by atomic mass is 9.98. The Morgan fingerprint density at radius 2 is 1.93 bits per heavy atom. The molecule has 0 spiro atoms. The van der Waals surface area contributed by atoms with Gasteiger partial charge in [-0.3, -0.25) is 9.59 Å². The van der Waals surface area contributed by atoms with Crippen molar-refractivity contribution in [3.8, 4) is 5.75 Å². The van der Waals surface area contributed by atoms with Gasteiger partial charge in [-0.2, -0.15) is 4.31 Å². The third-order valence-corrected chi connectivity index (χ3v) is 7.52. The topological polar surface area (TPSA) is 92.8 Å². The highest BCUT2D eigenvalue weighted by atomic mass is 32.2. The molecule has 1 saturated heterocycles. The van der Waals surface area contributed by atoms with E-state index in [1.807, 2.05) is 0 Å². The van der Waals surface area contributed by atoms with Crippen LogP contribution in [-0.4, -0.2) is 37.7 Å². The molecule has 0 aliphatic carbocycles. The summed E-state index contributed by atoms with van der Waals surface area (Å²) in [5.74, 6) is -0.606. The van der Waals surface area contributed by atoms with Crippen molar-refractivity contribution in [2.45, 2.75) is 24.0 Å². The zero-order chi connectivity index (χ0) is 19.4. The zero-order valence-electron chi connectivity index (χ0n) is 14.8. The van der Waals surface area contributed by atoms with Crippen molar-refractivity contribution in [3.63, 3.8) is 0 Å². The molecule has 1 fully saturated rings. The summed E-state index contributed by atoms with van der Waals surface area (Å²) in [4.78, 5) is 23.5. The van der Waals surface area contributed by atoms with Gasteiger partial charge in [0.05, 0.1) is 5.92 Å². The van der Waals surface area contributed by atoms with E-state index in [-0.39, 0.29) is 30.9 Å². The second-order valence-electron chi connectivity index (χ2n) is 6.24. The molecule has 2 heterocycles. The maximum Gasteiger partial charge on any atom is 0.314 e. The average molecular weight is 409 g/mol. The number of ether oxygens (including phenoxy) is 1. The van der Waals surface area contributed by atoms with Gasteiger partial charge in [0.25, 0.3) is 10.0 Å². The number of nitrogens with zero attached hydrogens (tertiary/aromatic N) is 1. The molecule has 1 N–H and O–H groups in total. The van der Waals surface area contributed by atoms with Crippen molar-refractivity contribution in [1.29, 1.82) is 0 Å². The van der Waals surface area contributed by atoms with E-state index in [2.05, 4.69) is 5.32 Å². The first-order valence-corrected chi connectivity index (χ1v) is 10.8. The molecule has 144 valence electrons. The molecule has 0 radical (unpaired) electrons. The number of hydrogen-bond acceptors (Lipinski definition) is 6. The molecule has 0 unspecified atom stereocenters. The van der Waals surface area contributed by atoms with Gasteiger partial charge in [-0.05, 0) is 36.4 Å². The summed E-state index contributed by atoms with van der Waals surface area (Å²) >= 11 is 1.19. The smallest absolute Gasteiger partial charge is 0.314 e. The van der Waals surface area contributed by atoms with Crippen LogP contribution in [0.15, 0.2) is 46.0 Å². The third kappa shape index (κ3) is 4.74. The number of hydrogen-bond donors (Lipinski definition) is 1. The maximum atomic E-state index is 12.5. The van der Waals surface area contributed by atoms with Crippen LogP contribution in [0.2, 0.25) is 0 Å². The van der Waals surface area contributed by atoms with Gasteiger partial charge in [-0.15, -0.1) is 11.3 Å². The van der Waals surface area contributed by atoms with E-state index in [0.717, 1.165) is 0 Å². The lowest BCUT2D eigenvalue weighted by Gasteiger charge is -2.29. The lowest BCUT2D eigenvalue weighted by Crippen LogP contribution is -2.40. The molecule has 27 heavy (non-hydrogen) atoms. The Morgan fingerprint density at radius 3 is 2.56 bits per heavy atom. The van der Waals surface area contributed by atoms with Crippen molar-refractivity contribution in [1.82, 2.24) is 4.31 Å². The highest BCUT2D eigenvalue weighted by Gasteiger charge is 2.33. The summed E-state index contributed by atoms with van der Waals surface area (Å²) in [6.45, 7) is 1.97. The van der Waals surface area contributed by atoms with E-state index >= 15 is 0 Å². The van der Waals surface area contributed by atoms with Crippen LogP contribution in [-0.2, 0) is 19.6 Å². The number of esters is 1. The zero-order valence-corrected chi connectivity index (χ0v) is 16.4. The molecule has 0 bridgehead atoms. The molecule has 7 nitrogen and oxygen atoms in total. The minimum Gasteiger partial charge on any atom is -0.426 e. The number of carbonyl (C=O) groups excluding carboxylic acids is 2. The molecule has 1 amide bonds. The number of anilines is 1. The van der Waals surface area contributed by atoms with E-state index in [1.165, 1.54) is 22.6 Å². The van der Waals surface area contributed by atoms with Crippen LogP contribution in [0.3, 0.4) is 0 Å². The summed E-state index contributed by atoms with van der Waals surface area (Å²) in [6.07, 6.45) is 0.823. The highest BCUT2D eigenvalue weighted by Crippen LogP contribution is 2.27. The van der Waals surface area contributed by atoms with Crippen molar-refractivity contribution in [2.24, 2.45) is 5.92 Å². The Hall–Kier alpha value is -2.23. The van der Waals surface area contributed by atoms with Gasteiger partial charge in [0.15, 0.2) is 0 Å². The van der Waals surface area contributed by atoms with E-state index in [9.17, 15) is 18.0 Å². The Balaban J connectivity index is 1.58. The van der Waals surface area contributed by atoms with E-state index in [4.69, 9.17) is 4.74 Å². The van der Waals surface area contributed by atoms with Gasteiger partial charge in [-0.25, -0.2) is 8.42 Å². The van der Waals surface area contributed by atoms with Crippen LogP contribution in [0.5, 0.6) is 5.75 Å². The van der Waals surface area contributed by atoms with Crippen molar-refractivity contribution < 1.29 is 22.7 Å². The van der Waals surface area contributed by atoms with Crippen LogP contribution in [0.1, 0.15) is 19.8 Å². The van der Waals surface area contributed by atoms with Gasteiger partial charge in [0.2, 0.25) is 5.91 Å². The molecule has 0 atom stereocenters. The number of sulfonamides is 1. The largest absolute Gasteiger partial charge is 0.426 e. The Labute approximate surface area is 162 Å². The average Bonchev–Trinajstić information content (AvgIpc) is 3.17. The first-order valence-electron chi connectivity index (χ1n) is 8.49. The predicted octanol–water partition coefficient (Wildman–Crippen LogP) is 2.71. The van der Waals surface area contributed by atoms with Gasteiger partial charge in [-0.1, -0.05) is 12.1 Å². The number of piperidine rings is 1. The number of nitrogens with one attached hydrogen (secondary N) is 1. The van der Waals surface area contributed by atoms with Crippen molar-refractivity contribution >= 4 is 38.9 Å². The Morgan fingerprint density at radius 1 is 1.19 bits per heavy atom. The molecule has 2 aromatic rings. The standard InChI is InChI=1S/C18H20N2O5S2/c1-13(21)19-15-4-2-5-16(12-15)25-18(22)14-7-9-20(10-8-14)27(23,24)17-6-3-11-26-17/h2-6,11-12,14H,7-10H2,1H3,(H,19,21). The number of rotatable bonds is 5. The predicted molar refractivity (Wildman–Crippen MR) is 102 cm³/mol. The van der Waals surface area contributed by atoms with Crippen LogP contribution >= 0.6 is 11.3 Å². The van der Waals surface area contributed by atoms with Gasteiger partial charge in [0, 0.05) is 31.8 Å². The summed E-state index contributed by atoms with van der Waals surface area (Å²) in [5.41, 5.74) is 0.546. The molecule has 0 saturated carbocycles. The van der Waals surface area contributed by atoms with Gasteiger partial charge in [0.1, 0.15) is 9.96 Å². The maximum absolute atomic E-state index is 12.5. The minimum absolute atomic E-state index is 0.210. The molecule has 1 aromatic heterocycles. The fourth-order valence-electron chi connectivity index (χ4n) is 2.91. The van der Waals surface area contributed by atoms with Gasteiger partial charge >= 0.3 is 5.97 Å². The van der Waals surface area contributed by atoms with Crippen LogP contribution in [0.4, 0.5) is 5.69 Å².